The van der Waals surface area contributed by atoms with Crippen molar-refractivity contribution in [3.8, 4) is 0 Å². The van der Waals surface area contributed by atoms with Crippen LogP contribution < -0.4 is 4.57 Å². The lowest BCUT2D eigenvalue weighted by atomic mass is 9.96. The van der Waals surface area contributed by atoms with Crippen LogP contribution in [0.5, 0.6) is 0 Å². The number of amides is 1. The molecule has 1 saturated heterocycles. The van der Waals surface area contributed by atoms with Crippen molar-refractivity contribution in [2.45, 2.75) is 39.0 Å². The van der Waals surface area contributed by atoms with Crippen molar-refractivity contribution in [2.24, 2.45) is 13.0 Å². The summed E-state index contributed by atoms with van der Waals surface area (Å²) in [5.41, 5.74) is 0. The summed E-state index contributed by atoms with van der Waals surface area (Å²) in [7, 11) is 1.93. The number of hydrogen-bond donors (Lipinski definition) is 0. The largest absolute Gasteiger partial charge is 0.415 e. The van der Waals surface area contributed by atoms with Crippen LogP contribution in [-0.2, 0) is 7.05 Å². The number of hydrogen-bond acceptors (Lipinski definition) is 1. The van der Waals surface area contributed by atoms with Gasteiger partial charge in [-0.25, -0.2) is 9.36 Å². The average molecular weight is 250 g/mol. The fourth-order valence-electron chi connectivity index (χ4n) is 2.78. The fourth-order valence-corrected chi connectivity index (χ4v) is 2.78. The van der Waals surface area contributed by atoms with Gasteiger partial charge in [-0.15, -0.1) is 0 Å². The second-order valence-corrected chi connectivity index (χ2v) is 5.34. The van der Waals surface area contributed by atoms with Gasteiger partial charge in [0.2, 0.25) is 0 Å². The van der Waals surface area contributed by atoms with Crippen molar-refractivity contribution in [3.63, 3.8) is 0 Å². The number of aromatic nitrogens is 2. The van der Waals surface area contributed by atoms with Gasteiger partial charge in [-0.1, -0.05) is 19.8 Å². The van der Waals surface area contributed by atoms with Gasteiger partial charge in [0.05, 0.1) is 7.05 Å². The maximum absolute atomic E-state index is 12.3. The van der Waals surface area contributed by atoms with Gasteiger partial charge in [0.15, 0.2) is 0 Å². The Morgan fingerprint density at radius 2 is 2.22 bits per heavy atom. The summed E-state index contributed by atoms with van der Waals surface area (Å²) in [6, 6.07) is 0.118. The molecule has 1 aromatic rings. The van der Waals surface area contributed by atoms with Gasteiger partial charge in [-0.3, -0.25) is 0 Å². The lowest BCUT2D eigenvalue weighted by Crippen LogP contribution is -2.36. The summed E-state index contributed by atoms with van der Waals surface area (Å²) >= 11 is 0. The Labute approximate surface area is 109 Å². The van der Waals surface area contributed by atoms with Crippen LogP contribution >= 0.6 is 0 Å². The van der Waals surface area contributed by atoms with E-state index < -0.39 is 0 Å². The van der Waals surface area contributed by atoms with Crippen LogP contribution in [0.4, 0.5) is 4.79 Å². The quantitative estimate of drug-likeness (QED) is 0.740. The Kier molecular flexibility index (Phi) is 4.39. The van der Waals surface area contributed by atoms with Crippen molar-refractivity contribution >= 4 is 6.03 Å². The van der Waals surface area contributed by atoms with Crippen molar-refractivity contribution in [3.05, 3.63) is 18.7 Å². The average Bonchev–Trinajstić information content (AvgIpc) is 2.65. The van der Waals surface area contributed by atoms with Crippen molar-refractivity contribution in [2.75, 3.05) is 13.1 Å². The maximum Gasteiger partial charge on any atom is 0.415 e. The van der Waals surface area contributed by atoms with Crippen LogP contribution in [0.3, 0.4) is 0 Å². The lowest BCUT2D eigenvalue weighted by Gasteiger charge is -2.17. The summed E-state index contributed by atoms with van der Waals surface area (Å²) in [4.78, 5) is 14.3. The number of rotatable bonds is 2. The molecule has 1 aromatic heterocycles. The van der Waals surface area contributed by atoms with E-state index in [1.165, 1.54) is 19.3 Å². The van der Waals surface area contributed by atoms with Crippen LogP contribution in [0.1, 0.15) is 39.0 Å². The van der Waals surface area contributed by atoms with E-state index in [9.17, 15) is 4.79 Å². The third kappa shape index (κ3) is 3.12. The molecule has 0 aromatic carbocycles. The predicted molar refractivity (Wildman–Crippen MR) is 70.2 cm³/mol. The molecule has 1 aliphatic heterocycles. The molecular weight excluding hydrogens is 226 g/mol. The molecular formula is C14H24N3O+. The molecule has 0 spiro atoms. The third-order valence-corrected chi connectivity index (χ3v) is 3.80. The summed E-state index contributed by atoms with van der Waals surface area (Å²) in [5.74, 6) is 0.813. The van der Waals surface area contributed by atoms with Crippen molar-refractivity contribution in [1.29, 1.82) is 0 Å². The molecule has 0 bridgehead atoms. The number of likely N-dealkylation sites (tertiary alicyclic amines) is 1. The molecule has 0 saturated carbocycles. The fraction of sp³-hybridized carbons (Fsp3) is 0.714. The second kappa shape index (κ2) is 6.03. The molecule has 1 unspecified atom stereocenters. The number of nitrogens with zero attached hydrogens (tertiary/aromatic N) is 3. The smallest absolute Gasteiger partial charge is 0.304 e. The Morgan fingerprint density at radius 1 is 1.39 bits per heavy atom. The van der Waals surface area contributed by atoms with Crippen LogP contribution in [0.15, 0.2) is 18.7 Å². The zero-order chi connectivity index (χ0) is 13.0. The SMILES string of the molecule is CCCC1CCCN(C(=O)n2cc[n+](C)c2)CC1. The molecule has 0 N–H and O–H groups in total. The highest BCUT2D eigenvalue weighted by Gasteiger charge is 2.24. The molecule has 1 aliphatic rings. The van der Waals surface area contributed by atoms with E-state index in [1.54, 1.807) is 4.57 Å². The summed E-state index contributed by atoms with van der Waals surface area (Å²) in [6.45, 7) is 4.06. The highest BCUT2D eigenvalue weighted by Crippen LogP contribution is 2.22. The molecule has 2 rings (SSSR count). The third-order valence-electron chi connectivity index (χ3n) is 3.80. The molecule has 100 valence electrons. The Bertz CT molecular complexity index is 399. The lowest BCUT2D eigenvalue weighted by molar-refractivity contribution is -0.670. The highest BCUT2D eigenvalue weighted by atomic mass is 16.2. The molecule has 1 atom stereocenters. The topological polar surface area (TPSA) is 29.1 Å². The first kappa shape index (κ1) is 13.1. The minimum atomic E-state index is 0.118. The van der Waals surface area contributed by atoms with Gasteiger partial charge in [-0.2, -0.15) is 4.57 Å². The normalized spacial score (nSPS) is 20.8. The Hall–Kier alpha value is -1.32. The summed E-state index contributed by atoms with van der Waals surface area (Å²) in [6.07, 6.45) is 11.7. The molecule has 0 radical (unpaired) electrons. The van der Waals surface area contributed by atoms with Crippen LogP contribution in [-0.4, -0.2) is 28.6 Å². The van der Waals surface area contributed by atoms with Gasteiger partial charge in [-0.05, 0) is 25.2 Å². The van der Waals surface area contributed by atoms with E-state index in [0.717, 1.165) is 31.8 Å². The minimum absolute atomic E-state index is 0.118. The van der Waals surface area contributed by atoms with Gasteiger partial charge >= 0.3 is 6.03 Å². The van der Waals surface area contributed by atoms with Crippen LogP contribution in [0.25, 0.3) is 0 Å². The maximum atomic E-state index is 12.3. The van der Waals surface area contributed by atoms with Crippen molar-refractivity contribution in [1.82, 2.24) is 9.47 Å². The summed E-state index contributed by atoms with van der Waals surface area (Å²) < 4.78 is 3.58. The number of carbonyl (C=O) groups is 1. The first-order chi connectivity index (χ1) is 8.70. The standard InChI is InChI=1S/C14H24N3O/c1-3-5-13-6-4-8-16(9-7-13)14(18)17-11-10-15(2)12-17/h10-13H,3-9H2,1-2H3/q+1. The van der Waals surface area contributed by atoms with E-state index >= 15 is 0 Å². The van der Waals surface area contributed by atoms with Gasteiger partial charge in [0.25, 0.3) is 6.33 Å². The first-order valence-electron chi connectivity index (χ1n) is 7.03. The van der Waals surface area contributed by atoms with E-state index in [-0.39, 0.29) is 6.03 Å². The van der Waals surface area contributed by atoms with E-state index in [1.807, 2.05) is 35.2 Å². The molecule has 4 heteroatoms. The molecule has 2 heterocycles. The zero-order valence-electron chi connectivity index (χ0n) is 11.5. The minimum Gasteiger partial charge on any atom is -0.304 e. The summed E-state index contributed by atoms with van der Waals surface area (Å²) in [5, 5.41) is 0. The van der Waals surface area contributed by atoms with Gasteiger partial charge in [0.1, 0.15) is 12.4 Å². The van der Waals surface area contributed by atoms with Crippen molar-refractivity contribution < 1.29 is 9.36 Å². The molecule has 1 amide bonds. The number of carbonyl (C=O) groups excluding carboxylic acids is 1. The Balaban J connectivity index is 1.95. The number of aryl methyl sites for hydroxylation is 1. The zero-order valence-corrected chi connectivity index (χ0v) is 11.5. The van der Waals surface area contributed by atoms with Gasteiger partial charge < -0.3 is 4.90 Å². The molecule has 1 fully saturated rings. The van der Waals surface area contributed by atoms with E-state index in [0.29, 0.717) is 0 Å². The van der Waals surface area contributed by atoms with E-state index in [4.69, 9.17) is 0 Å². The Morgan fingerprint density at radius 3 is 2.89 bits per heavy atom. The van der Waals surface area contributed by atoms with Crippen LogP contribution in [0.2, 0.25) is 0 Å². The predicted octanol–water partition coefficient (Wildman–Crippen LogP) is 2.18. The van der Waals surface area contributed by atoms with Gasteiger partial charge in [0, 0.05) is 13.1 Å². The van der Waals surface area contributed by atoms with Crippen LogP contribution in [0, 0.1) is 5.92 Å². The first-order valence-corrected chi connectivity index (χ1v) is 7.03. The highest BCUT2D eigenvalue weighted by molar-refractivity contribution is 5.76. The molecule has 0 aliphatic carbocycles. The molecule has 4 nitrogen and oxygen atoms in total. The monoisotopic (exact) mass is 250 g/mol. The second-order valence-electron chi connectivity index (χ2n) is 5.34. The molecule has 18 heavy (non-hydrogen) atoms. The van der Waals surface area contributed by atoms with E-state index in [2.05, 4.69) is 6.92 Å². The number of imidazole rings is 1.